The van der Waals surface area contributed by atoms with Crippen LogP contribution in [0.1, 0.15) is 30.1 Å². The number of pyridine rings is 1. The zero-order chi connectivity index (χ0) is 10.4. The van der Waals surface area contributed by atoms with Gasteiger partial charge in [0.2, 0.25) is 0 Å². The topological polar surface area (TPSA) is 24.9 Å². The highest BCUT2D eigenvalue weighted by Crippen LogP contribution is 2.17. The summed E-state index contributed by atoms with van der Waals surface area (Å²) in [5.74, 6) is 2.66. The lowest BCUT2D eigenvalue weighted by Gasteiger charge is -2.15. The molecule has 0 saturated carbocycles. The van der Waals surface area contributed by atoms with Gasteiger partial charge in [0, 0.05) is 24.4 Å². The van der Waals surface area contributed by atoms with Gasteiger partial charge in [0.25, 0.3) is 0 Å². The fraction of sp³-hybridized carbons (Fsp3) is 0.417. The summed E-state index contributed by atoms with van der Waals surface area (Å²) < 4.78 is 0. The SMILES string of the molecule is C#CCCC(NC)c1ccnc(C)c1. The van der Waals surface area contributed by atoms with Crippen molar-refractivity contribution in [2.24, 2.45) is 0 Å². The second kappa shape index (κ2) is 5.41. The predicted octanol–water partition coefficient (Wildman–Crippen LogP) is 2.06. The number of hydrogen-bond acceptors (Lipinski definition) is 2. The highest BCUT2D eigenvalue weighted by atomic mass is 14.9. The minimum Gasteiger partial charge on any atom is -0.313 e. The standard InChI is InChI=1S/C12H16N2/c1-4-5-6-12(13-3)11-7-8-14-10(2)9-11/h1,7-9,12-13H,5-6H2,2-3H3. The van der Waals surface area contributed by atoms with Crippen LogP contribution in [0.3, 0.4) is 0 Å². The molecule has 0 aliphatic rings. The molecule has 1 aromatic rings. The van der Waals surface area contributed by atoms with Gasteiger partial charge in [0.1, 0.15) is 0 Å². The van der Waals surface area contributed by atoms with E-state index in [4.69, 9.17) is 6.42 Å². The minimum absolute atomic E-state index is 0.341. The van der Waals surface area contributed by atoms with Crippen molar-refractivity contribution >= 4 is 0 Å². The van der Waals surface area contributed by atoms with Crippen molar-refractivity contribution in [2.45, 2.75) is 25.8 Å². The zero-order valence-corrected chi connectivity index (χ0v) is 8.75. The van der Waals surface area contributed by atoms with Gasteiger partial charge in [-0.1, -0.05) is 0 Å². The van der Waals surface area contributed by atoms with Gasteiger partial charge in [0.15, 0.2) is 0 Å². The molecule has 1 aromatic heterocycles. The number of terminal acetylenes is 1. The molecule has 0 aromatic carbocycles. The Kier molecular flexibility index (Phi) is 4.15. The van der Waals surface area contributed by atoms with E-state index < -0.39 is 0 Å². The van der Waals surface area contributed by atoms with Crippen molar-refractivity contribution in [3.05, 3.63) is 29.6 Å². The van der Waals surface area contributed by atoms with E-state index in [0.29, 0.717) is 6.04 Å². The van der Waals surface area contributed by atoms with Crippen LogP contribution < -0.4 is 5.32 Å². The monoisotopic (exact) mass is 188 g/mol. The quantitative estimate of drug-likeness (QED) is 0.732. The third-order valence-corrected chi connectivity index (χ3v) is 2.25. The van der Waals surface area contributed by atoms with E-state index in [1.165, 1.54) is 5.56 Å². The maximum absolute atomic E-state index is 5.25. The molecule has 1 atom stereocenters. The van der Waals surface area contributed by atoms with Gasteiger partial charge < -0.3 is 5.32 Å². The molecule has 74 valence electrons. The fourth-order valence-corrected chi connectivity index (χ4v) is 1.49. The van der Waals surface area contributed by atoms with E-state index in [1.54, 1.807) is 0 Å². The van der Waals surface area contributed by atoms with Crippen LogP contribution in [0, 0.1) is 19.3 Å². The van der Waals surface area contributed by atoms with E-state index in [1.807, 2.05) is 26.2 Å². The molecular formula is C12H16N2. The van der Waals surface area contributed by atoms with Crippen molar-refractivity contribution in [2.75, 3.05) is 7.05 Å². The number of aryl methyl sites for hydroxylation is 1. The summed E-state index contributed by atoms with van der Waals surface area (Å²) in [6.07, 6.45) is 8.85. The Labute approximate surface area is 85.8 Å². The molecule has 1 unspecified atom stereocenters. The summed E-state index contributed by atoms with van der Waals surface area (Å²) in [5, 5.41) is 3.26. The van der Waals surface area contributed by atoms with E-state index in [9.17, 15) is 0 Å². The van der Waals surface area contributed by atoms with Crippen LogP contribution in [-0.4, -0.2) is 12.0 Å². The van der Waals surface area contributed by atoms with Crippen LogP contribution in [0.2, 0.25) is 0 Å². The molecule has 0 amide bonds. The van der Waals surface area contributed by atoms with Gasteiger partial charge in [-0.2, -0.15) is 0 Å². The lowest BCUT2D eigenvalue weighted by atomic mass is 10.0. The number of nitrogens with zero attached hydrogens (tertiary/aromatic N) is 1. The zero-order valence-electron chi connectivity index (χ0n) is 8.75. The Balaban J connectivity index is 2.74. The molecule has 1 rings (SSSR count). The second-order valence-electron chi connectivity index (χ2n) is 3.31. The molecule has 0 spiro atoms. The Bertz CT molecular complexity index is 325. The Morgan fingerprint density at radius 3 is 3.00 bits per heavy atom. The Morgan fingerprint density at radius 2 is 2.43 bits per heavy atom. The lowest BCUT2D eigenvalue weighted by molar-refractivity contribution is 0.557. The summed E-state index contributed by atoms with van der Waals surface area (Å²) >= 11 is 0. The smallest absolute Gasteiger partial charge is 0.0375 e. The van der Waals surface area contributed by atoms with Gasteiger partial charge in [-0.25, -0.2) is 0 Å². The summed E-state index contributed by atoms with van der Waals surface area (Å²) in [5.41, 5.74) is 2.30. The van der Waals surface area contributed by atoms with Crippen LogP contribution >= 0.6 is 0 Å². The number of aromatic nitrogens is 1. The van der Waals surface area contributed by atoms with E-state index in [0.717, 1.165) is 18.5 Å². The molecular weight excluding hydrogens is 172 g/mol. The molecule has 1 heterocycles. The summed E-state index contributed by atoms with van der Waals surface area (Å²) in [7, 11) is 1.96. The molecule has 0 aliphatic carbocycles. The number of hydrogen-bond donors (Lipinski definition) is 1. The molecule has 1 N–H and O–H groups in total. The highest BCUT2D eigenvalue weighted by Gasteiger charge is 2.07. The molecule has 2 heteroatoms. The minimum atomic E-state index is 0.341. The Hall–Kier alpha value is -1.33. The molecule has 0 aliphatic heterocycles. The first kappa shape index (κ1) is 10.7. The van der Waals surface area contributed by atoms with E-state index >= 15 is 0 Å². The number of rotatable bonds is 4. The highest BCUT2D eigenvalue weighted by molar-refractivity contribution is 5.19. The lowest BCUT2D eigenvalue weighted by Crippen LogP contribution is -2.16. The average molecular weight is 188 g/mol. The summed E-state index contributed by atoms with van der Waals surface area (Å²) in [6, 6.07) is 4.47. The van der Waals surface area contributed by atoms with Crippen molar-refractivity contribution in [1.82, 2.24) is 10.3 Å². The summed E-state index contributed by atoms with van der Waals surface area (Å²) in [6.45, 7) is 2.00. The third-order valence-electron chi connectivity index (χ3n) is 2.25. The van der Waals surface area contributed by atoms with Crippen molar-refractivity contribution in [1.29, 1.82) is 0 Å². The molecule has 2 nitrogen and oxygen atoms in total. The van der Waals surface area contributed by atoms with Gasteiger partial charge in [-0.05, 0) is 38.1 Å². The normalized spacial score (nSPS) is 12.1. The van der Waals surface area contributed by atoms with Gasteiger partial charge >= 0.3 is 0 Å². The summed E-state index contributed by atoms with van der Waals surface area (Å²) in [4.78, 5) is 4.17. The van der Waals surface area contributed by atoms with Crippen molar-refractivity contribution < 1.29 is 0 Å². The largest absolute Gasteiger partial charge is 0.313 e. The molecule has 0 saturated heterocycles. The van der Waals surface area contributed by atoms with E-state index in [2.05, 4.69) is 22.3 Å². The third kappa shape index (κ3) is 2.86. The van der Waals surface area contributed by atoms with Crippen LogP contribution in [0.5, 0.6) is 0 Å². The molecule has 0 radical (unpaired) electrons. The first-order valence-corrected chi connectivity index (χ1v) is 4.81. The molecule has 0 bridgehead atoms. The predicted molar refractivity (Wildman–Crippen MR) is 58.8 cm³/mol. The van der Waals surface area contributed by atoms with Gasteiger partial charge in [-0.15, -0.1) is 12.3 Å². The van der Waals surface area contributed by atoms with Crippen LogP contribution in [0.4, 0.5) is 0 Å². The second-order valence-corrected chi connectivity index (χ2v) is 3.31. The van der Waals surface area contributed by atoms with Gasteiger partial charge in [0.05, 0.1) is 0 Å². The van der Waals surface area contributed by atoms with Crippen LogP contribution in [0.25, 0.3) is 0 Å². The first-order chi connectivity index (χ1) is 6.77. The maximum atomic E-state index is 5.25. The maximum Gasteiger partial charge on any atom is 0.0375 e. The first-order valence-electron chi connectivity index (χ1n) is 4.81. The van der Waals surface area contributed by atoms with Gasteiger partial charge in [-0.3, -0.25) is 4.98 Å². The van der Waals surface area contributed by atoms with Crippen LogP contribution in [-0.2, 0) is 0 Å². The van der Waals surface area contributed by atoms with Crippen molar-refractivity contribution in [3.8, 4) is 12.3 Å². The van der Waals surface area contributed by atoms with Crippen molar-refractivity contribution in [3.63, 3.8) is 0 Å². The van der Waals surface area contributed by atoms with E-state index in [-0.39, 0.29) is 0 Å². The molecule has 14 heavy (non-hydrogen) atoms. The molecule has 0 fully saturated rings. The Morgan fingerprint density at radius 1 is 1.64 bits per heavy atom. The fourth-order valence-electron chi connectivity index (χ4n) is 1.49. The number of nitrogens with one attached hydrogen (secondary N) is 1. The average Bonchev–Trinajstić information content (AvgIpc) is 2.19. The van der Waals surface area contributed by atoms with Crippen LogP contribution in [0.15, 0.2) is 18.3 Å².